The first kappa shape index (κ1) is 18.0. The Hall–Kier alpha value is -2.83. The Bertz CT molecular complexity index is 751. The number of hydrogen-bond donors (Lipinski definition) is 1. The quantitative estimate of drug-likeness (QED) is 0.670. The minimum Gasteiger partial charge on any atom is -0.376 e. The molecule has 0 spiro atoms. The molecule has 26 heavy (non-hydrogen) atoms. The van der Waals surface area contributed by atoms with E-state index >= 15 is 0 Å². The van der Waals surface area contributed by atoms with E-state index in [1.807, 2.05) is 43.3 Å². The van der Waals surface area contributed by atoms with Crippen molar-refractivity contribution in [2.45, 2.75) is 6.54 Å². The van der Waals surface area contributed by atoms with Gasteiger partial charge in [0.15, 0.2) is 5.96 Å². The monoisotopic (exact) mass is 356 g/mol. The van der Waals surface area contributed by atoms with Crippen molar-refractivity contribution in [2.75, 3.05) is 50.1 Å². The highest BCUT2D eigenvalue weighted by Crippen LogP contribution is 2.18. The first-order valence-electron chi connectivity index (χ1n) is 8.71. The van der Waals surface area contributed by atoms with Gasteiger partial charge in [-0.2, -0.15) is 0 Å². The number of halogens is 1. The number of benzene rings is 1. The van der Waals surface area contributed by atoms with Crippen molar-refractivity contribution in [1.29, 1.82) is 0 Å². The topological polar surface area (TPSA) is 61.0 Å². The zero-order chi connectivity index (χ0) is 18.5. The Balaban J connectivity index is 1.59. The molecule has 3 rings (SSSR count). The largest absolute Gasteiger partial charge is 0.376 e. The first-order valence-corrected chi connectivity index (χ1v) is 8.71. The second-order valence-corrected chi connectivity index (χ2v) is 6.49. The first-order chi connectivity index (χ1) is 12.5. The van der Waals surface area contributed by atoms with E-state index in [2.05, 4.69) is 19.8 Å². The Morgan fingerprint density at radius 3 is 2.50 bits per heavy atom. The Kier molecular flexibility index (Phi) is 5.55. The van der Waals surface area contributed by atoms with Crippen LogP contribution in [-0.2, 0) is 6.54 Å². The summed E-state index contributed by atoms with van der Waals surface area (Å²) in [4.78, 5) is 15.3. The van der Waals surface area contributed by atoms with Gasteiger partial charge in [-0.1, -0.05) is 0 Å². The molecule has 0 bridgehead atoms. The third-order valence-corrected chi connectivity index (χ3v) is 4.53. The Morgan fingerprint density at radius 2 is 1.85 bits per heavy atom. The Morgan fingerprint density at radius 1 is 1.15 bits per heavy atom. The minimum absolute atomic E-state index is 0.213. The third kappa shape index (κ3) is 4.22. The molecule has 0 unspecified atom stereocenters. The van der Waals surface area contributed by atoms with Crippen LogP contribution in [0.4, 0.5) is 15.8 Å². The van der Waals surface area contributed by atoms with Crippen molar-refractivity contribution in [3.63, 3.8) is 0 Å². The van der Waals surface area contributed by atoms with Gasteiger partial charge in [0.2, 0.25) is 0 Å². The number of nitrogens with two attached hydrogens (primary N) is 1. The lowest BCUT2D eigenvalue weighted by atomic mass is 10.2. The van der Waals surface area contributed by atoms with Gasteiger partial charge in [0, 0.05) is 52.2 Å². The molecule has 2 aromatic rings. The van der Waals surface area contributed by atoms with Gasteiger partial charge in [0.05, 0.1) is 17.9 Å². The number of guanidine groups is 1. The molecule has 2 N–H and O–H groups in total. The molecule has 138 valence electrons. The van der Waals surface area contributed by atoms with Gasteiger partial charge in [-0.15, -0.1) is 0 Å². The van der Waals surface area contributed by atoms with E-state index in [4.69, 9.17) is 5.73 Å². The number of aromatic nitrogens is 1. The van der Waals surface area contributed by atoms with E-state index in [1.54, 1.807) is 6.20 Å². The van der Waals surface area contributed by atoms with Crippen LogP contribution >= 0.6 is 0 Å². The molecule has 7 heteroatoms. The van der Waals surface area contributed by atoms with Crippen LogP contribution in [0.5, 0.6) is 0 Å². The highest BCUT2D eigenvalue weighted by Gasteiger charge is 2.18. The lowest BCUT2D eigenvalue weighted by Gasteiger charge is -2.36. The minimum atomic E-state index is -0.213. The molecule has 6 nitrogen and oxygen atoms in total. The van der Waals surface area contributed by atoms with E-state index in [-0.39, 0.29) is 5.82 Å². The standard InChI is InChI=1S/C19H25FN6/c1-24(2)18-4-3-9-22-17(18)14-23-19(21)26-12-10-25(11-13-26)16-7-5-15(20)6-8-16/h3-9H,10-14H2,1-2H3,(H2,21,23). The number of rotatable bonds is 4. The van der Waals surface area contributed by atoms with Crippen molar-refractivity contribution < 1.29 is 4.39 Å². The molecule has 1 aliphatic heterocycles. The molecule has 1 aromatic carbocycles. The second-order valence-electron chi connectivity index (χ2n) is 6.49. The van der Waals surface area contributed by atoms with Crippen molar-refractivity contribution in [3.8, 4) is 0 Å². The molecule has 0 amide bonds. The van der Waals surface area contributed by atoms with E-state index in [9.17, 15) is 4.39 Å². The summed E-state index contributed by atoms with van der Waals surface area (Å²) in [5.41, 5.74) is 9.18. The summed E-state index contributed by atoms with van der Waals surface area (Å²) in [5, 5.41) is 0. The average molecular weight is 356 g/mol. The number of pyridine rings is 1. The van der Waals surface area contributed by atoms with Crippen molar-refractivity contribution >= 4 is 17.3 Å². The maximum absolute atomic E-state index is 13.1. The number of piperazine rings is 1. The summed E-state index contributed by atoms with van der Waals surface area (Å²) in [5.74, 6) is 0.328. The van der Waals surface area contributed by atoms with Gasteiger partial charge in [-0.3, -0.25) is 4.98 Å². The fourth-order valence-corrected chi connectivity index (χ4v) is 3.06. The van der Waals surface area contributed by atoms with Crippen LogP contribution in [0.25, 0.3) is 0 Å². The van der Waals surface area contributed by atoms with E-state index in [0.29, 0.717) is 12.5 Å². The predicted molar refractivity (Wildman–Crippen MR) is 104 cm³/mol. The molecule has 1 aromatic heterocycles. The number of nitrogens with zero attached hydrogens (tertiary/aromatic N) is 5. The van der Waals surface area contributed by atoms with Gasteiger partial charge in [-0.25, -0.2) is 9.38 Å². The smallest absolute Gasteiger partial charge is 0.191 e. The number of aliphatic imine (C=N–C) groups is 1. The molecular weight excluding hydrogens is 331 g/mol. The van der Waals surface area contributed by atoms with Gasteiger partial charge in [0.25, 0.3) is 0 Å². The van der Waals surface area contributed by atoms with Gasteiger partial charge >= 0.3 is 0 Å². The van der Waals surface area contributed by atoms with Crippen LogP contribution in [0.1, 0.15) is 5.69 Å². The molecule has 1 fully saturated rings. The zero-order valence-electron chi connectivity index (χ0n) is 15.3. The molecule has 1 aliphatic rings. The Labute approximate surface area is 153 Å². The van der Waals surface area contributed by atoms with Gasteiger partial charge in [0.1, 0.15) is 5.82 Å². The van der Waals surface area contributed by atoms with Gasteiger partial charge in [-0.05, 0) is 36.4 Å². The van der Waals surface area contributed by atoms with E-state index in [0.717, 1.165) is 43.2 Å². The van der Waals surface area contributed by atoms with Gasteiger partial charge < -0.3 is 20.4 Å². The highest BCUT2D eigenvalue weighted by molar-refractivity contribution is 5.78. The van der Waals surface area contributed by atoms with E-state index < -0.39 is 0 Å². The molecular formula is C19H25FN6. The summed E-state index contributed by atoms with van der Waals surface area (Å²) in [7, 11) is 3.98. The molecule has 0 radical (unpaired) electrons. The summed E-state index contributed by atoms with van der Waals surface area (Å²) in [6.07, 6.45) is 1.77. The number of anilines is 2. The van der Waals surface area contributed by atoms with Crippen LogP contribution in [-0.4, -0.2) is 56.1 Å². The lowest BCUT2D eigenvalue weighted by molar-refractivity contribution is 0.380. The molecule has 0 aliphatic carbocycles. The predicted octanol–water partition coefficient (Wildman–Crippen LogP) is 1.92. The van der Waals surface area contributed by atoms with Crippen LogP contribution in [0.2, 0.25) is 0 Å². The van der Waals surface area contributed by atoms with Crippen LogP contribution in [0, 0.1) is 5.82 Å². The van der Waals surface area contributed by atoms with E-state index in [1.165, 1.54) is 12.1 Å². The van der Waals surface area contributed by atoms with Crippen LogP contribution in [0.15, 0.2) is 47.6 Å². The molecule has 0 atom stereocenters. The van der Waals surface area contributed by atoms with Crippen molar-refractivity contribution in [3.05, 3.63) is 54.1 Å². The maximum atomic E-state index is 13.1. The summed E-state index contributed by atoms with van der Waals surface area (Å²) >= 11 is 0. The summed E-state index contributed by atoms with van der Waals surface area (Å²) in [6, 6.07) is 10.5. The highest BCUT2D eigenvalue weighted by atomic mass is 19.1. The molecule has 1 saturated heterocycles. The maximum Gasteiger partial charge on any atom is 0.191 e. The summed E-state index contributed by atoms with van der Waals surface area (Å²) in [6.45, 7) is 3.69. The SMILES string of the molecule is CN(C)c1cccnc1CN=C(N)N1CCN(c2ccc(F)cc2)CC1. The summed E-state index contributed by atoms with van der Waals surface area (Å²) < 4.78 is 13.1. The fourth-order valence-electron chi connectivity index (χ4n) is 3.06. The second kappa shape index (κ2) is 8.03. The average Bonchev–Trinajstić information content (AvgIpc) is 2.67. The zero-order valence-corrected chi connectivity index (χ0v) is 15.3. The number of hydrogen-bond acceptors (Lipinski definition) is 4. The molecule has 0 saturated carbocycles. The third-order valence-electron chi connectivity index (χ3n) is 4.53. The van der Waals surface area contributed by atoms with Crippen molar-refractivity contribution in [1.82, 2.24) is 9.88 Å². The normalized spacial score (nSPS) is 15.3. The fraction of sp³-hybridized carbons (Fsp3) is 0.368. The van der Waals surface area contributed by atoms with Crippen LogP contribution < -0.4 is 15.5 Å². The lowest BCUT2D eigenvalue weighted by Crippen LogP contribution is -2.51. The molecule has 2 heterocycles. The van der Waals surface area contributed by atoms with Crippen molar-refractivity contribution in [2.24, 2.45) is 10.7 Å². The van der Waals surface area contributed by atoms with Crippen LogP contribution in [0.3, 0.4) is 0 Å².